The van der Waals surface area contributed by atoms with Gasteiger partial charge in [0, 0.05) is 63.6 Å². The lowest BCUT2D eigenvalue weighted by atomic mass is 10.2. The highest BCUT2D eigenvalue weighted by molar-refractivity contribution is 5.94. The molecule has 0 radical (unpaired) electrons. The third-order valence-corrected chi connectivity index (χ3v) is 5.06. The van der Waals surface area contributed by atoms with Crippen molar-refractivity contribution in [2.24, 2.45) is 0 Å². The molecule has 9 nitrogen and oxygen atoms in total. The van der Waals surface area contributed by atoms with E-state index in [1.165, 1.54) is 0 Å². The van der Waals surface area contributed by atoms with E-state index >= 15 is 0 Å². The second-order valence-electron chi connectivity index (χ2n) is 9.19. The first-order chi connectivity index (χ1) is 15.8. The maximum Gasteiger partial charge on any atom is 0.419 e. The number of alkyl halides is 3. The van der Waals surface area contributed by atoms with Gasteiger partial charge in [-0.15, -0.1) is 0 Å². The second-order valence-corrected chi connectivity index (χ2v) is 9.19. The highest BCUT2D eigenvalue weighted by Gasteiger charge is 2.32. The van der Waals surface area contributed by atoms with E-state index in [9.17, 15) is 22.8 Å². The summed E-state index contributed by atoms with van der Waals surface area (Å²) in [5.74, 6) is 0.0669. The molecule has 186 valence electrons. The summed E-state index contributed by atoms with van der Waals surface area (Å²) in [5.41, 5.74) is -0.964. The Kier molecular flexibility index (Phi) is 7.37. The van der Waals surface area contributed by atoms with Crippen LogP contribution in [0.15, 0.2) is 30.9 Å². The Labute approximate surface area is 195 Å². The molecular weight excluding hydrogens is 453 g/mol. The molecule has 2 aromatic heterocycles. The Morgan fingerprint density at radius 1 is 1.12 bits per heavy atom. The number of halogens is 3. The number of aromatic nitrogens is 3. The van der Waals surface area contributed by atoms with Gasteiger partial charge in [0.1, 0.15) is 5.60 Å². The normalized spacial score (nSPS) is 15.7. The fourth-order valence-corrected chi connectivity index (χ4v) is 3.47. The molecule has 34 heavy (non-hydrogen) atoms. The quantitative estimate of drug-likeness (QED) is 0.704. The molecule has 0 aliphatic carbocycles. The fraction of sp³-hybridized carbons (Fsp3) is 0.545. The third-order valence-electron chi connectivity index (χ3n) is 5.06. The standard InChI is InChI=1S/C22H29F3N6O3/c1-15(28-20(33)34-21(2,3)4)13-29-6-5-16(14-29)18(32)30-7-9-31(10-8-30)19-26-11-17(12-27-19)22(23,24)25/h5-6,11-12,14-15H,7-10,13H2,1-4H3,(H,28,33)/t15-/m0/s1. The Hall–Kier alpha value is -3.31. The summed E-state index contributed by atoms with van der Waals surface area (Å²) in [4.78, 5) is 35.8. The lowest BCUT2D eigenvalue weighted by Gasteiger charge is -2.34. The van der Waals surface area contributed by atoms with Crippen LogP contribution in [0, 0.1) is 0 Å². The van der Waals surface area contributed by atoms with Crippen molar-refractivity contribution in [3.8, 4) is 0 Å². The van der Waals surface area contributed by atoms with E-state index in [4.69, 9.17) is 4.74 Å². The Morgan fingerprint density at radius 2 is 1.74 bits per heavy atom. The fourth-order valence-electron chi connectivity index (χ4n) is 3.47. The first-order valence-electron chi connectivity index (χ1n) is 10.9. The molecule has 2 aromatic rings. The molecule has 1 aliphatic heterocycles. The van der Waals surface area contributed by atoms with Crippen LogP contribution in [0.2, 0.25) is 0 Å². The van der Waals surface area contributed by atoms with Gasteiger partial charge in [-0.1, -0.05) is 0 Å². The van der Waals surface area contributed by atoms with Gasteiger partial charge in [0.25, 0.3) is 5.91 Å². The van der Waals surface area contributed by atoms with Crippen LogP contribution in [-0.2, 0) is 17.5 Å². The molecule has 0 saturated carbocycles. The number of carbonyl (C=O) groups is 2. The lowest BCUT2D eigenvalue weighted by Crippen LogP contribution is -2.49. The Morgan fingerprint density at radius 3 is 2.29 bits per heavy atom. The number of amides is 2. The number of nitrogens with one attached hydrogen (secondary N) is 1. The zero-order valence-electron chi connectivity index (χ0n) is 19.6. The molecular formula is C22H29F3N6O3. The molecule has 3 heterocycles. The molecule has 1 fully saturated rings. The number of hydrogen-bond acceptors (Lipinski definition) is 6. The number of anilines is 1. The average Bonchev–Trinajstić information content (AvgIpc) is 3.19. The summed E-state index contributed by atoms with van der Waals surface area (Å²) < 4.78 is 45.1. The van der Waals surface area contributed by atoms with E-state index in [0.29, 0.717) is 38.3 Å². The summed E-state index contributed by atoms with van der Waals surface area (Å²) in [6, 6.07) is 1.51. The summed E-state index contributed by atoms with van der Waals surface area (Å²) in [6.45, 7) is 9.28. The van der Waals surface area contributed by atoms with Gasteiger partial charge >= 0.3 is 12.3 Å². The van der Waals surface area contributed by atoms with Gasteiger partial charge in [0.05, 0.1) is 11.1 Å². The van der Waals surface area contributed by atoms with Crippen LogP contribution in [0.5, 0.6) is 0 Å². The number of nitrogens with zero attached hydrogens (tertiary/aromatic N) is 5. The first kappa shape index (κ1) is 25.3. The largest absolute Gasteiger partial charge is 0.444 e. The highest BCUT2D eigenvalue weighted by Crippen LogP contribution is 2.28. The van der Waals surface area contributed by atoms with Crippen LogP contribution < -0.4 is 10.2 Å². The molecule has 1 saturated heterocycles. The van der Waals surface area contributed by atoms with E-state index in [1.54, 1.807) is 49.0 Å². The molecule has 0 unspecified atom stereocenters. The van der Waals surface area contributed by atoms with Crippen LogP contribution in [0.25, 0.3) is 0 Å². The molecule has 1 aliphatic rings. The molecule has 0 bridgehead atoms. The van der Waals surface area contributed by atoms with E-state index in [2.05, 4.69) is 15.3 Å². The van der Waals surface area contributed by atoms with Crippen LogP contribution >= 0.6 is 0 Å². The number of ether oxygens (including phenoxy) is 1. The molecule has 3 rings (SSSR count). The minimum Gasteiger partial charge on any atom is -0.444 e. The molecule has 1 N–H and O–H groups in total. The zero-order valence-corrected chi connectivity index (χ0v) is 19.6. The molecule has 0 aromatic carbocycles. The van der Waals surface area contributed by atoms with E-state index < -0.39 is 23.4 Å². The highest BCUT2D eigenvalue weighted by atomic mass is 19.4. The second kappa shape index (κ2) is 9.90. The molecule has 1 atom stereocenters. The minimum absolute atomic E-state index is 0.139. The van der Waals surface area contributed by atoms with Gasteiger partial charge in [0.2, 0.25) is 5.95 Å². The van der Waals surface area contributed by atoms with Gasteiger partial charge in [-0.05, 0) is 33.8 Å². The molecule has 2 amide bonds. The topological polar surface area (TPSA) is 92.6 Å². The van der Waals surface area contributed by atoms with E-state index in [-0.39, 0.29) is 17.9 Å². The number of rotatable bonds is 5. The van der Waals surface area contributed by atoms with Crippen molar-refractivity contribution in [1.82, 2.24) is 24.8 Å². The number of piperazine rings is 1. The number of carbonyl (C=O) groups excluding carboxylic acids is 2. The predicted molar refractivity (Wildman–Crippen MR) is 118 cm³/mol. The summed E-state index contributed by atoms with van der Waals surface area (Å²) >= 11 is 0. The Balaban J connectivity index is 1.50. The summed E-state index contributed by atoms with van der Waals surface area (Å²) in [5, 5.41) is 2.76. The van der Waals surface area contributed by atoms with Crippen LogP contribution in [-0.4, -0.2) is 69.3 Å². The van der Waals surface area contributed by atoms with Crippen LogP contribution in [0.4, 0.5) is 23.9 Å². The molecule has 12 heteroatoms. The summed E-state index contributed by atoms with van der Waals surface area (Å²) in [6.07, 6.45) is 0.0400. The van der Waals surface area contributed by atoms with Crippen molar-refractivity contribution in [3.05, 3.63) is 42.0 Å². The van der Waals surface area contributed by atoms with Crippen molar-refractivity contribution in [2.45, 2.75) is 52.1 Å². The van der Waals surface area contributed by atoms with Gasteiger partial charge in [-0.3, -0.25) is 4.79 Å². The van der Waals surface area contributed by atoms with E-state index in [0.717, 1.165) is 12.4 Å². The summed E-state index contributed by atoms with van der Waals surface area (Å²) in [7, 11) is 0. The maximum absolute atomic E-state index is 12.9. The van der Waals surface area contributed by atoms with Crippen LogP contribution in [0.3, 0.4) is 0 Å². The van der Waals surface area contributed by atoms with Crippen molar-refractivity contribution < 1.29 is 27.5 Å². The monoisotopic (exact) mass is 482 g/mol. The van der Waals surface area contributed by atoms with Gasteiger partial charge in [-0.25, -0.2) is 14.8 Å². The van der Waals surface area contributed by atoms with Gasteiger partial charge in [-0.2, -0.15) is 13.2 Å². The maximum atomic E-state index is 12.9. The van der Waals surface area contributed by atoms with Gasteiger partial charge < -0.3 is 24.4 Å². The van der Waals surface area contributed by atoms with Crippen molar-refractivity contribution >= 4 is 17.9 Å². The number of alkyl carbamates (subject to hydrolysis) is 1. The third kappa shape index (κ3) is 6.84. The first-order valence-corrected chi connectivity index (χ1v) is 10.9. The smallest absolute Gasteiger partial charge is 0.419 e. The van der Waals surface area contributed by atoms with Crippen molar-refractivity contribution in [3.63, 3.8) is 0 Å². The minimum atomic E-state index is -4.48. The zero-order chi connectivity index (χ0) is 25.1. The predicted octanol–water partition coefficient (Wildman–Crippen LogP) is 3.17. The lowest BCUT2D eigenvalue weighted by molar-refractivity contribution is -0.138. The van der Waals surface area contributed by atoms with Crippen molar-refractivity contribution in [2.75, 3.05) is 31.1 Å². The average molecular weight is 483 g/mol. The SMILES string of the molecule is C[C@@H](Cn1ccc(C(=O)N2CCN(c3ncc(C(F)(F)F)cn3)CC2)c1)NC(=O)OC(C)(C)C. The number of hydrogen-bond donors (Lipinski definition) is 1. The Bertz CT molecular complexity index is 993. The van der Waals surface area contributed by atoms with Gasteiger partial charge in [0.15, 0.2) is 0 Å². The van der Waals surface area contributed by atoms with Crippen molar-refractivity contribution in [1.29, 1.82) is 0 Å². The molecule has 0 spiro atoms. The van der Waals surface area contributed by atoms with Crippen LogP contribution in [0.1, 0.15) is 43.6 Å². The van der Waals surface area contributed by atoms with E-state index in [1.807, 2.05) is 11.5 Å².